The van der Waals surface area contributed by atoms with Crippen molar-refractivity contribution in [2.45, 2.75) is 58.5 Å². The zero-order valence-corrected chi connectivity index (χ0v) is 19.7. The van der Waals surface area contributed by atoms with E-state index in [4.69, 9.17) is 0 Å². The zero-order chi connectivity index (χ0) is 23.8. The molecule has 4 aromatic rings. The molecular formula is C26H31N7O. The minimum atomic E-state index is -0.0397. The number of benzene rings is 2. The first kappa shape index (κ1) is 23.4. The van der Waals surface area contributed by atoms with E-state index in [1.807, 2.05) is 30.3 Å². The van der Waals surface area contributed by atoms with Gasteiger partial charge in [0.15, 0.2) is 0 Å². The number of H-pyrrole nitrogens is 1. The Balaban J connectivity index is 1.56. The third kappa shape index (κ3) is 5.39. The van der Waals surface area contributed by atoms with Crippen molar-refractivity contribution < 1.29 is 0 Å². The standard InChI is InChI=1S/C26H31N7O/c1-3-5-7-10-18-33-26(34)32(24(29-33)13-6-4-2)19-20-14-16-21(17-15-20)22-11-8-9-12-23(22)25-27-30-31-28-25/h4,8-9,11-12,14-17H,2-3,5-7,10,13,18-19H2,1H3,(H,27,28,30,31). The molecule has 8 heteroatoms. The molecule has 0 saturated carbocycles. The largest absolute Gasteiger partial charge is 0.346 e. The summed E-state index contributed by atoms with van der Waals surface area (Å²) in [6, 6.07) is 16.2. The molecule has 2 aromatic carbocycles. The van der Waals surface area contributed by atoms with Gasteiger partial charge >= 0.3 is 5.69 Å². The maximum atomic E-state index is 13.1. The molecule has 0 saturated heterocycles. The highest BCUT2D eigenvalue weighted by Crippen LogP contribution is 2.29. The monoisotopic (exact) mass is 457 g/mol. The lowest BCUT2D eigenvalue weighted by atomic mass is 9.98. The summed E-state index contributed by atoms with van der Waals surface area (Å²) in [5, 5.41) is 19.1. The molecule has 2 aromatic heterocycles. The molecule has 1 N–H and O–H groups in total. The number of hydrogen-bond donors (Lipinski definition) is 1. The number of aryl methyl sites for hydroxylation is 2. The summed E-state index contributed by atoms with van der Waals surface area (Å²) in [5.41, 5.74) is 4.00. The molecule has 176 valence electrons. The number of rotatable bonds is 12. The number of allylic oxidation sites excluding steroid dienone is 1. The second-order valence-corrected chi connectivity index (χ2v) is 8.37. The van der Waals surface area contributed by atoms with E-state index in [0.29, 0.717) is 25.3 Å². The van der Waals surface area contributed by atoms with Crippen molar-refractivity contribution in [3.05, 3.63) is 83.1 Å². The van der Waals surface area contributed by atoms with E-state index in [1.54, 1.807) is 9.25 Å². The predicted octanol–water partition coefficient (Wildman–Crippen LogP) is 4.64. The fourth-order valence-electron chi connectivity index (χ4n) is 4.07. The van der Waals surface area contributed by atoms with Gasteiger partial charge in [0.1, 0.15) is 5.82 Å². The molecule has 0 radical (unpaired) electrons. The quantitative estimate of drug-likeness (QED) is 0.247. The van der Waals surface area contributed by atoms with Gasteiger partial charge in [0.05, 0.1) is 6.54 Å². The first-order valence-electron chi connectivity index (χ1n) is 11.9. The van der Waals surface area contributed by atoms with Crippen LogP contribution in [0.15, 0.2) is 66.0 Å². The summed E-state index contributed by atoms with van der Waals surface area (Å²) in [4.78, 5) is 13.1. The molecule has 0 aliphatic rings. The molecule has 4 rings (SSSR count). The minimum Gasteiger partial charge on any atom is -0.274 e. The van der Waals surface area contributed by atoms with Gasteiger partial charge in [-0.1, -0.05) is 80.8 Å². The van der Waals surface area contributed by atoms with Crippen LogP contribution in [0.4, 0.5) is 0 Å². The molecule has 0 aliphatic heterocycles. The topological polar surface area (TPSA) is 94.3 Å². The van der Waals surface area contributed by atoms with Gasteiger partial charge in [0.25, 0.3) is 0 Å². The van der Waals surface area contributed by atoms with Crippen LogP contribution in [0.2, 0.25) is 0 Å². The van der Waals surface area contributed by atoms with E-state index in [1.165, 1.54) is 12.8 Å². The second-order valence-electron chi connectivity index (χ2n) is 8.37. The molecule has 0 unspecified atom stereocenters. The summed E-state index contributed by atoms with van der Waals surface area (Å²) in [7, 11) is 0. The Labute approximate surface area is 199 Å². The maximum Gasteiger partial charge on any atom is 0.346 e. The first-order chi connectivity index (χ1) is 16.7. The highest BCUT2D eigenvalue weighted by molar-refractivity contribution is 5.80. The SMILES string of the molecule is C=CCCc1nn(CCCCCC)c(=O)n1Cc1ccc(-c2ccccc2-c2nn[nH]n2)cc1. The number of aromatic amines is 1. The van der Waals surface area contributed by atoms with Crippen LogP contribution in [-0.4, -0.2) is 35.0 Å². The Hall–Kier alpha value is -3.81. The Morgan fingerprint density at radius 2 is 1.82 bits per heavy atom. The lowest BCUT2D eigenvalue weighted by Crippen LogP contribution is -2.26. The van der Waals surface area contributed by atoms with Gasteiger partial charge in [-0.25, -0.2) is 9.48 Å². The smallest absolute Gasteiger partial charge is 0.274 e. The van der Waals surface area contributed by atoms with Crippen LogP contribution in [0, 0.1) is 0 Å². The fraction of sp³-hybridized carbons (Fsp3) is 0.346. The average molecular weight is 458 g/mol. The van der Waals surface area contributed by atoms with Crippen molar-refractivity contribution >= 4 is 0 Å². The van der Waals surface area contributed by atoms with Crippen LogP contribution >= 0.6 is 0 Å². The Kier molecular flexibility index (Phi) is 7.80. The van der Waals surface area contributed by atoms with E-state index in [9.17, 15) is 4.79 Å². The van der Waals surface area contributed by atoms with Gasteiger partial charge in [-0.15, -0.1) is 16.8 Å². The van der Waals surface area contributed by atoms with Crippen LogP contribution in [0.5, 0.6) is 0 Å². The minimum absolute atomic E-state index is 0.0397. The van der Waals surface area contributed by atoms with Crippen LogP contribution in [0.3, 0.4) is 0 Å². The van der Waals surface area contributed by atoms with E-state index in [0.717, 1.165) is 47.3 Å². The summed E-state index contributed by atoms with van der Waals surface area (Å²) < 4.78 is 3.43. The van der Waals surface area contributed by atoms with E-state index in [-0.39, 0.29) is 5.69 Å². The van der Waals surface area contributed by atoms with Crippen LogP contribution in [0.1, 0.15) is 50.4 Å². The van der Waals surface area contributed by atoms with E-state index >= 15 is 0 Å². The number of aromatic nitrogens is 7. The Bertz CT molecular complexity index is 1250. The molecule has 2 heterocycles. The lowest BCUT2D eigenvalue weighted by Gasteiger charge is -2.09. The molecule has 0 fully saturated rings. The number of tetrazole rings is 1. The van der Waals surface area contributed by atoms with Crippen molar-refractivity contribution in [2.24, 2.45) is 0 Å². The Morgan fingerprint density at radius 1 is 1.03 bits per heavy atom. The van der Waals surface area contributed by atoms with Crippen molar-refractivity contribution in [2.75, 3.05) is 0 Å². The molecule has 8 nitrogen and oxygen atoms in total. The van der Waals surface area contributed by atoms with Gasteiger partial charge in [-0.3, -0.25) is 4.57 Å². The molecule has 0 atom stereocenters. The third-order valence-corrected chi connectivity index (χ3v) is 5.91. The van der Waals surface area contributed by atoms with Crippen LogP contribution in [0.25, 0.3) is 22.5 Å². The van der Waals surface area contributed by atoms with Crippen LogP contribution < -0.4 is 5.69 Å². The fourth-order valence-corrected chi connectivity index (χ4v) is 4.07. The first-order valence-corrected chi connectivity index (χ1v) is 11.9. The van der Waals surface area contributed by atoms with Gasteiger partial charge in [-0.05, 0) is 34.7 Å². The van der Waals surface area contributed by atoms with Crippen LogP contribution in [-0.2, 0) is 19.5 Å². The highest BCUT2D eigenvalue weighted by atomic mass is 16.2. The second kappa shape index (κ2) is 11.4. The molecule has 0 aliphatic carbocycles. The number of hydrogen-bond acceptors (Lipinski definition) is 5. The number of nitrogens with one attached hydrogen (secondary N) is 1. The van der Waals surface area contributed by atoms with Crippen molar-refractivity contribution in [1.82, 2.24) is 35.0 Å². The van der Waals surface area contributed by atoms with Crippen molar-refractivity contribution in [3.63, 3.8) is 0 Å². The molecule has 34 heavy (non-hydrogen) atoms. The van der Waals surface area contributed by atoms with Crippen molar-refractivity contribution in [3.8, 4) is 22.5 Å². The summed E-state index contributed by atoms with van der Waals surface area (Å²) in [5.74, 6) is 1.37. The summed E-state index contributed by atoms with van der Waals surface area (Å²) in [6.07, 6.45) is 7.80. The number of nitrogens with zero attached hydrogens (tertiary/aromatic N) is 6. The van der Waals surface area contributed by atoms with Gasteiger partial charge in [0, 0.05) is 18.5 Å². The third-order valence-electron chi connectivity index (χ3n) is 5.91. The van der Waals surface area contributed by atoms with Gasteiger partial charge in [0.2, 0.25) is 5.82 Å². The molecular weight excluding hydrogens is 426 g/mol. The normalized spacial score (nSPS) is 11.1. The van der Waals surface area contributed by atoms with Crippen molar-refractivity contribution in [1.29, 1.82) is 0 Å². The zero-order valence-electron chi connectivity index (χ0n) is 19.7. The van der Waals surface area contributed by atoms with Gasteiger partial charge < -0.3 is 0 Å². The average Bonchev–Trinajstić information content (AvgIpc) is 3.50. The lowest BCUT2D eigenvalue weighted by molar-refractivity contribution is 0.520. The summed E-state index contributed by atoms with van der Waals surface area (Å²) in [6.45, 7) is 7.16. The summed E-state index contributed by atoms with van der Waals surface area (Å²) >= 11 is 0. The molecule has 0 spiro atoms. The van der Waals surface area contributed by atoms with Gasteiger partial charge in [-0.2, -0.15) is 10.3 Å². The maximum absolute atomic E-state index is 13.1. The number of unbranched alkanes of at least 4 members (excludes halogenated alkanes) is 3. The highest BCUT2D eigenvalue weighted by Gasteiger charge is 2.14. The predicted molar refractivity (Wildman–Crippen MR) is 133 cm³/mol. The molecule has 0 bridgehead atoms. The van der Waals surface area contributed by atoms with E-state index in [2.05, 4.69) is 63.5 Å². The Morgan fingerprint density at radius 3 is 2.53 bits per heavy atom. The van der Waals surface area contributed by atoms with E-state index < -0.39 is 0 Å². The molecule has 0 amide bonds.